The van der Waals surface area contributed by atoms with Crippen molar-refractivity contribution in [3.05, 3.63) is 69.9 Å². The molecule has 4 rings (SSSR count). The summed E-state index contributed by atoms with van der Waals surface area (Å²) < 4.78 is 0. The van der Waals surface area contributed by atoms with Crippen molar-refractivity contribution in [3.8, 4) is 0 Å². The summed E-state index contributed by atoms with van der Waals surface area (Å²) in [7, 11) is 0. The van der Waals surface area contributed by atoms with E-state index >= 15 is 0 Å². The van der Waals surface area contributed by atoms with Crippen LogP contribution in [0.2, 0.25) is 5.02 Å². The third kappa shape index (κ3) is 2.39. The first-order valence-corrected chi connectivity index (χ1v) is 8.27. The van der Waals surface area contributed by atoms with Gasteiger partial charge in [-0.05, 0) is 41.8 Å². The Balaban J connectivity index is 1.92. The molecule has 122 valence electrons. The van der Waals surface area contributed by atoms with E-state index in [9.17, 15) is 9.90 Å². The molecule has 0 saturated heterocycles. The first kappa shape index (κ1) is 15.2. The lowest BCUT2D eigenvalue weighted by Gasteiger charge is -2.30. The number of aromatic amines is 1. The maximum absolute atomic E-state index is 11.6. The van der Waals surface area contributed by atoms with Crippen molar-refractivity contribution >= 4 is 28.5 Å². The summed E-state index contributed by atoms with van der Waals surface area (Å²) in [6.45, 7) is 2.00. The van der Waals surface area contributed by atoms with E-state index in [0.29, 0.717) is 11.4 Å². The van der Waals surface area contributed by atoms with Gasteiger partial charge in [-0.1, -0.05) is 35.9 Å². The molecule has 0 spiro atoms. The van der Waals surface area contributed by atoms with Gasteiger partial charge in [0.1, 0.15) is 6.04 Å². The number of rotatable bonds is 2. The monoisotopic (exact) mass is 340 g/mol. The Morgan fingerprint density at radius 1 is 1.25 bits per heavy atom. The van der Waals surface area contributed by atoms with Crippen LogP contribution in [0.4, 0.5) is 0 Å². The highest BCUT2D eigenvalue weighted by molar-refractivity contribution is 6.30. The van der Waals surface area contributed by atoms with E-state index in [1.807, 2.05) is 49.4 Å². The summed E-state index contributed by atoms with van der Waals surface area (Å²) in [4.78, 5) is 15.1. The van der Waals surface area contributed by atoms with Crippen LogP contribution in [0.5, 0.6) is 0 Å². The standard InChI is InChI=1S/C19H17ClN2O2/c1-10-8-11(20)6-7-12(10)17-18-14(9-16(22-17)19(23)24)13-4-2-3-5-15(13)21-18/h2-8,16-17,21-22H,9H2,1H3,(H,23,24)/t16-,17+/m0/s1. The average molecular weight is 341 g/mol. The van der Waals surface area contributed by atoms with Gasteiger partial charge in [-0.3, -0.25) is 10.1 Å². The number of para-hydroxylation sites is 1. The molecule has 2 heterocycles. The van der Waals surface area contributed by atoms with Crippen LogP contribution in [0.25, 0.3) is 10.9 Å². The fraction of sp³-hybridized carbons (Fsp3) is 0.211. The van der Waals surface area contributed by atoms with E-state index in [4.69, 9.17) is 11.6 Å². The van der Waals surface area contributed by atoms with Gasteiger partial charge >= 0.3 is 5.97 Å². The fourth-order valence-corrected chi connectivity index (χ4v) is 3.83. The number of H-pyrrole nitrogens is 1. The normalized spacial score (nSPS) is 20.1. The highest BCUT2D eigenvalue weighted by atomic mass is 35.5. The molecule has 24 heavy (non-hydrogen) atoms. The van der Waals surface area contributed by atoms with Gasteiger partial charge in [0, 0.05) is 28.0 Å². The molecule has 1 aromatic heterocycles. The zero-order valence-electron chi connectivity index (χ0n) is 13.1. The number of carboxylic acids is 1. The van der Waals surface area contributed by atoms with Gasteiger partial charge in [-0.15, -0.1) is 0 Å². The van der Waals surface area contributed by atoms with Crippen molar-refractivity contribution in [1.82, 2.24) is 10.3 Å². The number of benzene rings is 2. The zero-order chi connectivity index (χ0) is 16.8. The van der Waals surface area contributed by atoms with Crippen LogP contribution in [0.15, 0.2) is 42.5 Å². The third-order valence-corrected chi connectivity index (χ3v) is 4.99. The van der Waals surface area contributed by atoms with E-state index in [0.717, 1.165) is 33.3 Å². The van der Waals surface area contributed by atoms with E-state index < -0.39 is 12.0 Å². The molecule has 0 saturated carbocycles. The van der Waals surface area contributed by atoms with Crippen molar-refractivity contribution in [2.75, 3.05) is 0 Å². The number of aromatic nitrogens is 1. The molecule has 0 aliphatic carbocycles. The summed E-state index contributed by atoms with van der Waals surface area (Å²) in [6.07, 6.45) is 0.470. The smallest absolute Gasteiger partial charge is 0.321 e. The number of hydrogen-bond donors (Lipinski definition) is 3. The number of halogens is 1. The van der Waals surface area contributed by atoms with E-state index in [2.05, 4.69) is 10.3 Å². The van der Waals surface area contributed by atoms with Gasteiger partial charge in [-0.2, -0.15) is 0 Å². The number of nitrogens with one attached hydrogen (secondary N) is 2. The van der Waals surface area contributed by atoms with Crippen molar-refractivity contribution < 1.29 is 9.90 Å². The Kier molecular flexibility index (Phi) is 3.59. The predicted molar refractivity (Wildman–Crippen MR) is 94.6 cm³/mol. The number of aryl methyl sites for hydroxylation is 1. The minimum Gasteiger partial charge on any atom is -0.480 e. The average Bonchev–Trinajstić information content (AvgIpc) is 2.93. The molecule has 0 unspecified atom stereocenters. The van der Waals surface area contributed by atoms with Crippen LogP contribution in [0, 0.1) is 6.92 Å². The first-order valence-electron chi connectivity index (χ1n) is 7.89. The van der Waals surface area contributed by atoms with Crippen LogP contribution < -0.4 is 5.32 Å². The molecule has 1 aliphatic rings. The number of hydrogen-bond acceptors (Lipinski definition) is 2. The van der Waals surface area contributed by atoms with Gasteiger partial charge in [-0.25, -0.2) is 0 Å². The molecular formula is C19H17ClN2O2. The molecule has 0 bridgehead atoms. The maximum atomic E-state index is 11.6. The Morgan fingerprint density at radius 2 is 2.04 bits per heavy atom. The molecule has 5 heteroatoms. The second-order valence-corrected chi connectivity index (χ2v) is 6.69. The van der Waals surface area contributed by atoms with E-state index in [1.165, 1.54) is 0 Å². The molecule has 2 atom stereocenters. The summed E-state index contributed by atoms with van der Waals surface area (Å²) in [5.41, 5.74) is 5.23. The van der Waals surface area contributed by atoms with Crippen molar-refractivity contribution in [2.45, 2.75) is 25.4 Å². The second-order valence-electron chi connectivity index (χ2n) is 6.26. The summed E-state index contributed by atoms with van der Waals surface area (Å²) >= 11 is 6.08. The van der Waals surface area contributed by atoms with Crippen LogP contribution in [0.1, 0.15) is 28.4 Å². The van der Waals surface area contributed by atoms with Gasteiger partial charge in [0.2, 0.25) is 0 Å². The zero-order valence-corrected chi connectivity index (χ0v) is 13.9. The Morgan fingerprint density at radius 3 is 2.79 bits per heavy atom. The molecule has 3 N–H and O–H groups in total. The van der Waals surface area contributed by atoms with Gasteiger partial charge in [0.15, 0.2) is 0 Å². The predicted octanol–water partition coefficient (Wildman–Crippen LogP) is 3.82. The Bertz CT molecular complexity index is 948. The van der Waals surface area contributed by atoms with Gasteiger partial charge in [0.05, 0.1) is 6.04 Å². The number of fused-ring (bicyclic) bond motifs is 3. The van der Waals surface area contributed by atoms with E-state index in [-0.39, 0.29) is 6.04 Å². The topological polar surface area (TPSA) is 65.1 Å². The molecule has 1 aliphatic heterocycles. The molecule has 0 radical (unpaired) electrons. The summed E-state index contributed by atoms with van der Waals surface area (Å²) in [5.74, 6) is -0.831. The van der Waals surface area contributed by atoms with Crippen LogP contribution in [-0.2, 0) is 11.2 Å². The summed E-state index contributed by atoms with van der Waals surface area (Å²) in [5, 5.41) is 14.6. The Hall–Kier alpha value is -2.30. The lowest BCUT2D eigenvalue weighted by molar-refractivity contribution is -0.139. The molecule has 0 amide bonds. The highest BCUT2D eigenvalue weighted by Gasteiger charge is 2.34. The lowest BCUT2D eigenvalue weighted by atomic mass is 9.88. The SMILES string of the molecule is Cc1cc(Cl)ccc1[C@H]1N[C@H](C(=O)O)Cc2c1[nH]c1ccccc21. The van der Waals surface area contributed by atoms with Crippen molar-refractivity contribution in [1.29, 1.82) is 0 Å². The van der Waals surface area contributed by atoms with Crippen LogP contribution >= 0.6 is 11.6 Å². The minimum atomic E-state index is -0.831. The molecule has 3 aromatic rings. The second kappa shape index (κ2) is 5.65. The number of carboxylic acid groups (broad SMARTS) is 1. The van der Waals surface area contributed by atoms with Gasteiger partial charge in [0.25, 0.3) is 0 Å². The maximum Gasteiger partial charge on any atom is 0.321 e. The molecule has 4 nitrogen and oxygen atoms in total. The van der Waals surface area contributed by atoms with Gasteiger partial charge < -0.3 is 10.1 Å². The van der Waals surface area contributed by atoms with E-state index in [1.54, 1.807) is 0 Å². The number of aliphatic carboxylic acids is 1. The molecule has 2 aromatic carbocycles. The molecule has 0 fully saturated rings. The quantitative estimate of drug-likeness (QED) is 0.664. The van der Waals surface area contributed by atoms with Crippen molar-refractivity contribution in [3.63, 3.8) is 0 Å². The third-order valence-electron chi connectivity index (χ3n) is 4.75. The fourth-order valence-electron chi connectivity index (χ4n) is 3.60. The van der Waals surface area contributed by atoms with Crippen LogP contribution in [0.3, 0.4) is 0 Å². The first-order chi connectivity index (χ1) is 11.5. The van der Waals surface area contributed by atoms with Crippen molar-refractivity contribution in [2.24, 2.45) is 0 Å². The highest BCUT2D eigenvalue weighted by Crippen LogP contribution is 2.36. The van der Waals surface area contributed by atoms with Crippen LogP contribution in [-0.4, -0.2) is 22.1 Å². The Labute approximate surface area is 144 Å². The number of carbonyl (C=O) groups is 1. The lowest BCUT2D eigenvalue weighted by Crippen LogP contribution is -2.45. The molecular weight excluding hydrogens is 324 g/mol. The minimum absolute atomic E-state index is 0.195. The largest absolute Gasteiger partial charge is 0.480 e. The summed E-state index contributed by atoms with van der Waals surface area (Å²) in [6, 6.07) is 12.9.